The average Bonchev–Trinajstić information content (AvgIpc) is 2.48. The second-order valence-electron chi connectivity index (χ2n) is 4.40. The maximum absolute atomic E-state index is 13.5. The normalized spacial score (nSPS) is 11.2. The van der Waals surface area contributed by atoms with E-state index in [0.29, 0.717) is 0 Å². The molecule has 0 spiro atoms. The van der Waals surface area contributed by atoms with Crippen molar-refractivity contribution in [2.24, 2.45) is 0 Å². The number of carbonyl (C=O) groups is 1. The van der Waals surface area contributed by atoms with E-state index in [2.05, 4.69) is 0 Å². The molecule has 0 amide bonds. The highest BCUT2D eigenvalue weighted by Crippen LogP contribution is 2.35. The van der Waals surface area contributed by atoms with Gasteiger partial charge in [0.15, 0.2) is 0 Å². The van der Waals surface area contributed by atoms with E-state index in [1.165, 1.54) is 50.6 Å². The first-order valence-electron chi connectivity index (χ1n) is 6.20. The van der Waals surface area contributed by atoms with E-state index in [0.717, 1.165) is 12.1 Å². The van der Waals surface area contributed by atoms with E-state index >= 15 is 0 Å². The number of hydrogen-bond acceptors (Lipinski definition) is 3. The van der Waals surface area contributed by atoms with Crippen molar-refractivity contribution in [3.8, 4) is 0 Å². The quantitative estimate of drug-likeness (QED) is 0.813. The van der Waals surface area contributed by atoms with Gasteiger partial charge in [0.1, 0.15) is 11.6 Å². The second kappa shape index (κ2) is 6.01. The van der Waals surface area contributed by atoms with Crippen molar-refractivity contribution in [1.82, 2.24) is 0 Å². The molecule has 2 aromatic carbocycles. The molecule has 0 aliphatic carbocycles. The van der Waals surface area contributed by atoms with E-state index < -0.39 is 23.2 Å². The minimum absolute atomic E-state index is 0.224. The largest absolute Gasteiger partial charge is 0.466 e. The lowest BCUT2D eigenvalue weighted by molar-refractivity contribution is -0.162. The van der Waals surface area contributed by atoms with Gasteiger partial charge in [0.2, 0.25) is 5.60 Å². The number of carbonyl (C=O) groups excluding carboxylic acids is 1. The number of rotatable bonds is 4. The van der Waals surface area contributed by atoms with Gasteiger partial charge in [-0.1, -0.05) is 24.3 Å². The summed E-state index contributed by atoms with van der Waals surface area (Å²) in [6.45, 7) is 0. The summed E-state index contributed by atoms with van der Waals surface area (Å²) in [4.78, 5) is 12.3. The lowest BCUT2D eigenvalue weighted by Crippen LogP contribution is -2.40. The van der Waals surface area contributed by atoms with E-state index in [1.54, 1.807) is 0 Å². The molecule has 0 fully saturated rings. The Hall–Kier alpha value is -2.27. The third kappa shape index (κ3) is 2.64. The Morgan fingerprint density at radius 3 is 1.76 bits per heavy atom. The Morgan fingerprint density at radius 2 is 1.43 bits per heavy atom. The van der Waals surface area contributed by atoms with E-state index in [4.69, 9.17) is 9.47 Å². The van der Waals surface area contributed by atoms with Gasteiger partial charge in [-0.3, -0.25) is 0 Å². The van der Waals surface area contributed by atoms with Crippen LogP contribution in [-0.2, 0) is 19.9 Å². The van der Waals surface area contributed by atoms with E-state index in [-0.39, 0.29) is 11.1 Å². The van der Waals surface area contributed by atoms with Gasteiger partial charge in [-0.15, -0.1) is 0 Å². The molecule has 0 saturated heterocycles. The molecule has 0 N–H and O–H groups in total. The fourth-order valence-corrected chi connectivity index (χ4v) is 2.28. The number of methoxy groups -OCH3 is 2. The molecular formula is C16H14F2O3. The van der Waals surface area contributed by atoms with Crippen LogP contribution in [0.5, 0.6) is 0 Å². The lowest BCUT2D eigenvalue weighted by atomic mass is 9.86. The molecular weight excluding hydrogens is 278 g/mol. The summed E-state index contributed by atoms with van der Waals surface area (Å²) in [5, 5.41) is 0. The molecule has 0 aliphatic rings. The van der Waals surface area contributed by atoms with E-state index in [1.807, 2.05) is 0 Å². The minimum Gasteiger partial charge on any atom is -0.466 e. The molecule has 3 nitrogen and oxygen atoms in total. The summed E-state index contributed by atoms with van der Waals surface area (Å²) in [7, 11) is 2.47. The Kier molecular flexibility index (Phi) is 4.33. The Morgan fingerprint density at radius 1 is 0.952 bits per heavy atom. The number of hydrogen-bond donors (Lipinski definition) is 0. The molecule has 2 rings (SSSR count). The van der Waals surface area contributed by atoms with Crippen molar-refractivity contribution < 1.29 is 23.0 Å². The van der Waals surface area contributed by atoms with Crippen molar-refractivity contribution in [2.75, 3.05) is 14.2 Å². The van der Waals surface area contributed by atoms with Gasteiger partial charge in [0.05, 0.1) is 7.11 Å². The van der Waals surface area contributed by atoms with Crippen molar-refractivity contribution in [3.63, 3.8) is 0 Å². The van der Waals surface area contributed by atoms with Crippen LogP contribution in [0.15, 0.2) is 48.5 Å². The molecule has 2 aromatic rings. The third-order valence-corrected chi connectivity index (χ3v) is 3.24. The van der Waals surface area contributed by atoms with Gasteiger partial charge in [-0.05, 0) is 24.3 Å². The highest BCUT2D eigenvalue weighted by atomic mass is 19.1. The summed E-state index contributed by atoms with van der Waals surface area (Å²) >= 11 is 0. The Labute approximate surface area is 121 Å². The van der Waals surface area contributed by atoms with Crippen LogP contribution in [0.3, 0.4) is 0 Å². The first kappa shape index (κ1) is 15.1. The first-order valence-corrected chi connectivity index (χ1v) is 6.20. The molecule has 21 heavy (non-hydrogen) atoms. The standard InChI is InChI=1S/C16H14F2O3/c1-20-15(19)16(21-2,11-5-3-7-13(17)9-11)12-6-4-8-14(18)10-12/h3-10H,1-2H3. The molecule has 0 saturated carbocycles. The summed E-state index contributed by atoms with van der Waals surface area (Å²) in [5.74, 6) is -1.83. The maximum atomic E-state index is 13.5. The SMILES string of the molecule is COC(=O)C(OC)(c1cccc(F)c1)c1cccc(F)c1. The van der Waals surface area contributed by atoms with Crippen LogP contribution in [0.2, 0.25) is 0 Å². The van der Waals surface area contributed by atoms with Crippen molar-refractivity contribution in [1.29, 1.82) is 0 Å². The topological polar surface area (TPSA) is 35.5 Å². The van der Waals surface area contributed by atoms with Gasteiger partial charge in [-0.2, -0.15) is 0 Å². The van der Waals surface area contributed by atoms with Crippen LogP contribution in [0, 0.1) is 11.6 Å². The first-order chi connectivity index (χ1) is 10.0. The average molecular weight is 292 g/mol. The molecule has 0 heterocycles. The molecule has 0 atom stereocenters. The lowest BCUT2D eigenvalue weighted by Gasteiger charge is -2.30. The molecule has 0 bridgehead atoms. The van der Waals surface area contributed by atoms with Crippen molar-refractivity contribution in [2.45, 2.75) is 5.60 Å². The van der Waals surface area contributed by atoms with Crippen LogP contribution in [0.1, 0.15) is 11.1 Å². The van der Waals surface area contributed by atoms with Crippen LogP contribution >= 0.6 is 0 Å². The van der Waals surface area contributed by atoms with Crippen molar-refractivity contribution in [3.05, 3.63) is 71.3 Å². The second-order valence-corrected chi connectivity index (χ2v) is 4.40. The summed E-state index contributed by atoms with van der Waals surface area (Å²) < 4.78 is 37.2. The van der Waals surface area contributed by atoms with Gasteiger partial charge in [0.25, 0.3) is 0 Å². The van der Waals surface area contributed by atoms with Crippen LogP contribution in [0.4, 0.5) is 8.78 Å². The minimum atomic E-state index is -1.72. The summed E-state index contributed by atoms with van der Waals surface area (Å²) in [6.07, 6.45) is 0. The van der Waals surface area contributed by atoms with Crippen LogP contribution in [0.25, 0.3) is 0 Å². The van der Waals surface area contributed by atoms with E-state index in [9.17, 15) is 13.6 Å². The molecule has 0 unspecified atom stereocenters. The smallest absolute Gasteiger partial charge is 0.347 e. The zero-order chi connectivity index (χ0) is 15.5. The fraction of sp³-hybridized carbons (Fsp3) is 0.188. The molecule has 0 aromatic heterocycles. The number of ether oxygens (including phenoxy) is 2. The summed E-state index contributed by atoms with van der Waals surface area (Å²) in [6, 6.07) is 10.7. The third-order valence-electron chi connectivity index (χ3n) is 3.24. The number of esters is 1. The predicted molar refractivity (Wildman–Crippen MR) is 72.6 cm³/mol. The van der Waals surface area contributed by atoms with Gasteiger partial charge >= 0.3 is 5.97 Å². The molecule has 0 aliphatic heterocycles. The summed E-state index contributed by atoms with van der Waals surface area (Å²) in [5.41, 5.74) is -1.27. The number of halogens is 2. The predicted octanol–water partition coefficient (Wildman–Crippen LogP) is 3.03. The highest BCUT2D eigenvalue weighted by molar-refractivity contribution is 5.85. The zero-order valence-electron chi connectivity index (χ0n) is 11.6. The van der Waals surface area contributed by atoms with Gasteiger partial charge < -0.3 is 9.47 Å². The Balaban J connectivity index is 2.72. The van der Waals surface area contributed by atoms with Gasteiger partial charge in [0, 0.05) is 18.2 Å². The Bertz CT molecular complexity index is 610. The highest BCUT2D eigenvalue weighted by Gasteiger charge is 2.44. The van der Waals surface area contributed by atoms with Gasteiger partial charge in [-0.25, -0.2) is 13.6 Å². The van der Waals surface area contributed by atoms with Crippen molar-refractivity contribution >= 4 is 5.97 Å². The van der Waals surface area contributed by atoms with Crippen LogP contribution < -0.4 is 0 Å². The number of benzene rings is 2. The maximum Gasteiger partial charge on any atom is 0.347 e. The monoisotopic (exact) mass is 292 g/mol. The molecule has 5 heteroatoms. The molecule has 110 valence electrons. The zero-order valence-corrected chi connectivity index (χ0v) is 11.6. The fourth-order valence-electron chi connectivity index (χ4n) is 2.28. The van der Waals surface area contributed by atoms with Crippen LogP contribution in [-0.4, -0.2) is 20.2 Å². The molecule has 0 radical (unpaired) electrons.